The molecular weight excluding hydrogens is 284 g/mol. The summed E-state index contributed by atoms with van der Waals surface area (Å²) >= 11 is 3.56. The summed E-state index contributed by atoms with van der Waals surface area (Å²) in [4.78, 5) is 8.64. The molecule has 2 aromatic heterocycles. The highest BCUT2D eigenvalue weighted by Gasteiger charge is 2.01. The molecule has 20 heavy (non-hydrogen) atoms. The minimum absolute atomic E-state index is 0.923. The number of pyridine rings is 2. The predicted octanol–water partition coefficient (Wildman–Crippen LogP) is 3.60. The van der Waals surface area contributed by atoms with E-state index in [2.05, 4.69) is 46.5 Å². The van der Waals surface area contributed by atoms with Crippen LogP contribution in [0.3, 0.4) is 0 Å². The molecule has 0 saturated carbocycles. The van der Waals surface area contributed by atoms with Crippen molar-refractivity contribution in [3.63, 3.8) is 0 Å². The second-order valence-electron chi connectivity index (χ2n) is 4.19. The van der Waals surface area contributed by atoms with E-state index in [1.807, 2.05) is 12.1 Å². The van der Waals surface area contributed by atoms with E-state index in [4.69, 9.17) is 0 Å². The first-order chi connectivity index (χ1) is 9.81. The average Bonchev–Trinajstić information content (AvgIpc) is 2.47. The summed E-state index contributed by atoms with van der Waals surface area (Å²) in [5.41, 5.74) is 4.21. The van der Waals surface area contributed by atoms with Gasteiger partial charge in [0.15, 0.2) is 0 Å². The Hall–Kier alpha value is -1.44. The smallest absolute Gasteiger partial charge is 0.0518 e. The van der Waals surface area contributed by atoms with E-state index < -0.39 is 0 Å². The number of nitrogens with zero attached hydrogens (tertiary/aromatic N) is 2. The lowest BCUT2D eigenvalue weighted by Crippen LogP contribution is -1.95. The van der Waals surface area contributed by atoms with Gasteiger partial charge in [-0.25, -0.2) is 0 Å². The summed E-state index contributed by atoms with van der Waals surface area (Å²) in [5, 5.41) is 0. The van der Waals surface area contributed by atoms with E-state index in [-0.39, 0.29) is 0 Å². The Bertz CT molecular complexity index is 591. The largest absolute Gasteiger partial charge is 0.265 e. The van der Waals surface area contributed by atoms with Crippen LogP contribution in [0.1, 0.15) is 22.5 Å². The minimum atomic E-state index is 0.923. The van der Waals surface area contributed by atoms with Crippen molar-refractivity contribution < 1.29 is 0 Å². The monoisotopic (exact) mass is 300 g/mol. The molecule has 0 fully saturated rings. The van der Waals surface area contributed by atoms with Gasteiger partial charge in [-0.3, -0.25) is 9.97 Å². The molecule has 2 aromatic rings. The number of hydrogen-bond acceptors (Lipinski definition) is 4. The molecule has 0 amide bonds. The highest BCUT2D eigenvalue weighted by molar-refractivity contribution is 7.98. The summed E-state index contributed by atoms with van der Waals surface area (Å²) in [5.74, 6) is 8.24. The van der Waals surface area contributed by atoms with Crippen LogP contribution in [0.5, 0.6) is 0 Å². The zero-order valence-corrected chi connectivity index (χ0v) is 13.2. The van der Waals surface area contributed by atoms with Crippen LogP contribution in [0.2, 0.25) is 0 Å². The van der Waals surface area contributed by atoms with E-state index in [1.165, 1.54) is 0 Å². The van der Waals surface area contributed by atoms with Crippen molar-refractivity contribution in [2.75, 3.05) is 12.5 Å². The van der Waals surface area contributed by atoms with Crippen molar-refractivity contribution in [2.24, 2.45) is 0 Å². The lowest BCUT2D eigenvalue weighted by molar-refractivity contribution is 1.09. The van der Waals surface area contributed by atoms with Crippen molar-refractivity contribution >= 4 is 23.5 Å². The molecule has 0 unspecified atom stereocenters. The van der Waals surface area contributed by atoms with Gasteiger partial charge in [-0.1, -0.05) is 11.8 Å². The fourth-order valence-corrected chi connectivity index (χ4v) is 2.63. The van der Waals surface area contributed by atoms with E-state index >= 15 is 0 Å². The van der Waals surface area contributed by atoms with Crippen molar-refractivity contribution in [1.82, 2.24) is 9.97 Å². The van der Waals surface area contributed by atoms with Crippen LogP contribution >= 0.6 is 23.5 Å². The van der Waals surface area contributed by atoms with Gasteiger partial charge >= 0.3 is 0 Å². The Morgan fingerprint density at radius 3 is 2.00 bits per heavy atom. The lowest BCUT2D eigenvalue weighted by Gasteiger charge is -2.04. The molecule has 0 aliphatic carbocycles. The van der Waals surface area contributed by atoms with Crippen molar-refractivity contribution in [3.8, 4) is 11.8 Å². The third-order valence-electron chi connectivity index (χ3n) is 2.55. The molecule has 0 saturated heterocycles. The van der Waals surface area contributed by atoms with Gasteiger partial charge in [0.1, 0.15) is 0 Å². The Balaban J connectivity index is 2.28. The Labute approximate surface area is 128 Å². The first-order valence-corrected chi connectivity index (χ1v) is 9.00. The topological polar surface area (TPSA) is 25.8 Å². The molecule has 4 heteroatoms. The van der Waals surface area contributed by atoms with E-state index in [9.17, 15) is 0 Å². The van der Waals surface area contributed by atoms with Gasteiger partial charge in [0.05, 0.1) is 11.4 Å². The molecular formula is C16H16N2S2. The quantitative estimate of drug-likeness (QED) is 0.806. The second kappa shape index (κ2) is 7.98. The second-order valence-corrected chi connectivity index (χ2v) is 5.92. The summed E-state index contributed by atoms with van der Waals surface area (Å²) in [7, 11) is 0. The summed E-state index contributed by atoms with van der Waals surface area (Å²) < 4.78 is 0. The molecule has 0 radical (unpaired) electrons. The van der Waals surface area contributed by atoms with Crippen molar-refractivity contribution in [3.05, 3.63) is 59.2 Å². The summed E-state index contributed by atoms with van der Waals surface area (Å²) in [6, 6.07) is 7.99. The third kappa shape index (κ3) is 4.59. The van der Waals surface area contributed by atoms with Crippen LogP contribution in [-0.4, -0.2) is 22.5 Å². The number of aromatic nitrogens is 2. The molecule has 0 aliphatic heterocycles. The maximum absolute atomic E-state index is 4.65. The van der Waals surface area contributed by atoms with Crippen LogP contribution in [0.25, 0.3) is 0 Å². The average molecular weight is 300 g/mol. The normalized spacial score (nSPS) is 9.90. The van der Waals surface area contributed by atoms with E-state index in [1.54, 1.807) is 35.9 Å². The first kappa shape index (κ1) is 15.0. The Morgan fingerprint density at radius 1 is 0.900 bits per heavy atom. The summed E-state index contributed by atoms with van der Waals surface area (Å²) in [6.45, 7) is 0. The molecule has 0 atom stereocenters. The molecule has 0 aliphatic rings. The number of hydrogen-bond donors (Lipinski definition) is 0. The van der Waals surface area contributed by atoms with Crippen LogP contribution in [-0.2, 0) is 11.5 Å². The van der Waals surface area contributed by atoms with Gasteiger partial charge in [0, 0.05) is 35.0 Å². The lowest BCUT2D eigenvalue weighted by atomic mass is 10.2. The summed E-state index contributed by atoms with van der Waals surface area (Å²) in [6.07, 6.45) is 7.69. The maximum Gasteiger partial charge on any atom is 0.0518 e. The molecule has 0 aromatic carbocycles. The molecule has 0 N–H and O–H groups in total. The molecule has 2 heterocycles. The van der Waals surface area contributed by atoms with Crippen molar-refractivity contribution in [1.29, 1.82) is 0 Å². The highest BCUT2D eigenvalue weighted by Crippen LogP contribution is 2.14. The molecule has 2 nitrogen and oxygen atoms in total. The molecule has 102 valence electrons. The Morgan fingerprint density at radius 2 is 1.45 bits per heavy atom. The Kier molecular flexibility index (Phi) is 5.97. The SMILES string of the molecule is CSCc1cc(C#Cc2ccncc2)cc(CSC)n1. The highest BCUT2D eigenvalue weighted by atomic mass is 32.2. The maximum atomic E-state index is 4.65. The van der Waals surface area contributed by atoms with Gasteiger partial charge in [-0.05, 0) is 36.8 Å². The van der Waals surface area contributed by atoms with Gasteiger partial charge < -0.3 is 0 Å². The fourth-order valence-electron chi connectivity index (χ4n) is 1.75. The van der Waals surface area contributed by atoms with Crippen LogP contribution in [0, 0.1) is 11.8 Å². The van der Waals surface area contributed by atoms with Crippen molar-refractivity contribution in [2.45, 2.75) is 11.5 Å². The van der Waals surface area contributed by atoms with Gasteiger partial charge in [0.25, 0.3) is 0 Å². The van der Waals surface area contributed by atoms with Gasteiger partial charge in [-0.2, -0.15) is 23.5 Å². The third-order valence-corrected chi connectivity index (χ3v) is 3.72. The number of rotatable bonds is 4. The van der Waals surface area contributed by atoms with Crippen LogP contribution in [0.4, 0.5) is 0 Å². The fraction of sp³-hybridized carbons (Fsp3) is 0.250. The minimum Gasteiger partial charge on any atom is -0.265 e. The molecule has 0 spiro atoms. The van der Waals surface area contributed by atoms with Gasteiger partial charge in [-0.15, -0.1) is 0 Å². The predicted molar refractivity (Wildman–Crippen MR) is 88.9 cm³/mol. The number of thioether (sulfide) groups is 2. The van der Waals surface area contributed by atoms with Gasteiger partial charge in [0.2, 0.25) is 0 Å². The zero-order chi connectivity index (χ0) is 14.2. The van der Waals surface area contributed by atoms with Crippen LogP contribution < -0.4 is 0 Å². The van der Waals surface area contributed by atoms with E-state index in [0.717, 1.165) is 34.0 Å². The van der Waals surface area contributed by atoms with E-state index in [0.29, 0.717) is 0 Å². The zero-order valence-electron chi connectivity index (χ0n) is 11.6. The first-order valence-electron chi connectivity index (χ1n) is 6.21. The molecule has 0 bridgehead atoms. The van der Waals surface area contributed by atoms with Crippen LogP contribution in [0.15, 0.2) is 36.7 Å². The standard InChI is InChI=1S/C16H16N2S2/c1-19-11-15-9-14(10-16(18-15)12-20-2)4-3-13-5-7-17-8-6-13/h5-10H,11-12H2,1-2H3. The molecule has 2 rings (SSSR count).